The number of anilines is 1. The van der Waals surface area contributed by atoms with Crippen molar-refractivity contribution >= 4 is 17.4 Å². The highest BCUT2D eigenvalue weighted by Crippen LogP contribution is 2.31. The van der Waals surface area contributed by atoms with Crippen molar-refractivity contribution in [1.82, 2.24) is 15.2 Å². The number of hydrogen-bond acceptors (Lipinski definition) is 6. The Labute approximate surface area is 237 Å². The van der Waals surface area contributed by atoms with Gasteiger partial charge in [-0.3, -0.25) is 10.2 Å². The topological polar surface area (TPSA) is 104 Å². The first-order chi connectivity index (χ1) is 19.5. The highest BCUT2D eigenvalue weighted by Gasteiger charge is 2.25. The molecule has 2 unspecified atom stereocenters. The van der Waals surface area contributed by atoms with Gasteiger partial charge in [0.05, 0.1) is 17.8 Å². The van der Waals surface area contributed by atoms with Crippen molar-refractivity contribution in [2.24, 2.45) is 0 Å². The van der Waals surface area contributed by atoms with Crippen molar-refractivity contribution in [2.45, 2.75) is 71.4 Å². The quantitative estimate of drug-likeness (QED) is 0.295. The molecule has 2 atom stereocenters. The van der Waals surface area contributed by atoms with Crippen LogP contribution in [0.4, 0.5) is 5.82 Å². The van der Waals surface area contributed by atoms with Gasteiger partial charge in [0.15, 0.2) is 0 Å². The summed E-state index contributed by atoms with van der Waals surface area (Å²) in [6, 6.07) is 14.6. The number of nitrogen functional groups attached to an aromatic ring is 1. The normalized spacial score (nSPS) is 20.5. The van der Waals surface area contributed by atoms with Gasteiger partial charge in [-0.15, -0.1) is 0 Å². The molecule has 210 valence electrons. The van der Waals surface area contributed by atoms with Crippen LogP contribution in [0.5, 0.6) is 5.75 Å². The Balaban J connectivity index is 0.00000158. The van der Waals surface area contributed by atoms with Crippen molar-refractivity contribution in [2.75, 3.05) is 25.4 Å². The van der Waals surface area contributed by atoms with E-state index in [1.165, 1.54) is 49.9 Å². The number of likely N-dealkylation sites (tertiary alicyclic amines) is 1. The van der Waals surface area contributed by atoms with Crippen molar-refractivity contribution in [3.63, 3.8) is 0 Å². The number of carbonyl (C=O) groups excluding carboxylic acids is 1. The van der Waals surface area contributed by atoms with E-state index in [1.54, 1.807) is 24.4 Å². The van der Waals surface area contributed by atoms with Gasteiger partial charge in [-0.1, -0.05) is 38.1 Å². The molecule has 1 aliphatic carbocycles. The van der Waals surface area contributed by atoms with E-state index in [0.29, 0.717) is 40.8 Å². The Hall–Kier alpha value is -3.71. The van der Waals surface area contributed by atoms with Crippen molar-refractivity contribution in [3.05, 3.63) is 76.5 Å². The Morgan fingerprint density at radius 1 is 1.02 bits per heavy atom. The molecule has 7 heteroatoms. The van der Waals surface area contributed by atoms with Crippen LogP contribution in [0.15, 0.2) is 48.7 Å². The van der Waals surface area contributed by atoms with E-state index < -0.39 is 0 Å². The van der Waals surface area contributed by atoms with Crippen LogP contribution in [0.1, 0.15) is 79.1 Å². The van der Waals surface area contributed by atoms with Gasteiger partial charge in [0.2, 0.25) is 0 Å². The number of hydrogen-bond donors (Lipinski definition) is 3. The summed E-state index contributed by atoms with van der Waals surface area (Å²) < 4.78 is 5.95. The van der Waals surface area contributed by atoms with Gasteiger partial charge in [-0.25, -0.2) is 4.98 Å². The molecule has 0 saturated carbocycles. The Bertz CT molecular complexity index is 1400. The predicted molar refractivity (Wildman–Crippen MR) is 161 cm³/mol. The lowest BCUT2D eigenvalue weighted by Crippen LogP contribution is -2.32. The second-order valence-corrected chi connectivity index (χ2v) is 10.8. The van der Waals surface area contributed by atoms with Gasteiger partial charge in [0.25, 0.3) is 5.91 Å². The molecule has 0 bridgehead atoms. The fraction of sp³-hybridized carbons (Fsp3) is 0.424. The molecule has 0 spiro atoms. The van der Waals surface area contributed by atoms with E-state index in [9.17, 15) is 4.79 Å². The monoisotopic (exact) mass is 539 g/mol. The predicted octanol–water partition coefficient (Wildman–Crippen LogP) is 5.63. The third kappa shape index (κ3) is 5.75. The summed E-state index contributed by atoms with van der Waals surface area (Å²) in [6.07, 6.45) is 8.98. The van der Waals surface area contributed by atoms with Gasteiger partial charge in [0, 0.05) is 28.9 Å². The second kappa shape index (κ2) is 12.2. The number of fused-ring (bicyclic) bond motifs is 2. The lowest BCUT2D eigenvalue weighted by molar-refractivity contribution is 0.0952. The third-order valence-corrected chi connectivity index (χ3v) is 8.27. The molecule has 3 heterocycles. The number of rotatable bonds is 4. The average molecular weight is 540 g/mol. The molecule has 4 N–H and O–H groups in total. The Morgan fingerprint density at radius 3 is 2.55 bits per heavy atom. The largest absolute Gasteiger partial charge is 0.488 e. The van der Waals surface area contributed by atoms with Crippen LogP contribution in [0.3, 0.4) is 0 Å². The molecule has 1 aromatic heterocycles. The van der Waals surface area contributed by atoms with E-state index in [4.69, 9.17) is 15.9 Å². The fourth-order valence-corrected chi connectivity index (χ4v) is 6.08. The summed E-state index contributed by atoms with van der Waals surface area (Å²) in [7, 11) is 0. The lowest BCUT2D eigenvalue weighted by Gasteiger charge is -2.26. The first-order valence-electron chi connectivity index (χ1n) is 14.8. The SMILES string of the molecule is CC.CC1CNC(=O)c2ccc(C(=N)c3cc(-c4ccc5c(c4)CCC(N4CCCC4)CC5)cnc3N)cc2O1. The van der Waals surface area contributed by atoms with E-state index in [2.05, 4.69) is 33.4 Å². The number of benzene rings is 2. The zero-order chi connectivity index (χ0) is 28.2. The zero-order valence-corrected chi connectivity index (χ0v) is 23.9. The average Bonchev–Trinajstić information content (AvgIpc) is 3.38. The summed E-state index contributed by atoms with van der Waals surface area (Å²) in [5.41, 5.74) is 13.1. The molecule has 40 heavy (non-hydrogen) atoms. The minimum absolute atomic E-state index is 0.154. The molecule has 2 aromatic carbocycles. The number of aromatic nitrogens is 1. The summed E-state index contributed by atoms with van der Waals surface area (Å²) in [4.78, 5) is 19.5. The first kappa shape index (κ1) is 27.8. The molecule has 3 aliphatic rings. The molecule has 2 aliphatic heterocycles. The van der Waals surface area contributed by atoms with Crippen LogP contribution >= 0.6 is 0 Å². The van der Waals surface area contributed by atoms with Gasteiger partial charge < -0.3 is 20.7 Å². The van der Waals surface area contributed by atoms with Gasteiger partial charge in [-0.05, 0) is 93.4 Å². The molecule has 7 nitrogen and oxygen atoms in total. The summed E-state index contributed by atoms with van der Waals surface area (Å²) in [5, 5.41) is 11.8. The van der Waals surface area contributed by atoms with Gasteiger partial charge in [0.1, 0.15) is 17.7 Å². The van der Waals surface area contributed by atoms with E-state index in [-0.39, 0.29) is 17.7 Å². The Kier molecular flexibility index (Phi) is 8.50. The molecule has 1 saturated heterocycles. The zero-order valence-electron chi connectivity index (χ0n) is 23.9. The maximum atomic E-state index is 12.4. The lowest BCUT2D eigenvalue weighted by atomic mass is 9.95. The van der Waals surface area contributed by atoms with E-state index >= 15 is 0 Å². The molecular weight excluding hydrogens is 498 g/mol. The van der Waals surface area contributed by atoms with Crippen molar-refractivity contribution in [1.29, 1.82) is 5.41 Å². The number of carbonyl (C=O) groups is 1. The highest BCUT2D eigenvalue weighted by molar-refractivity contribution is 6.14. The number of nitrogens with two attached hydrogens (primary N) is 1. The van der Waals surface area contributed by atoms with Crippen molar-refractivity contribution < 1.29 is 9.53 Å². The number of ether oxygens (including phenoxy) is 1. The summed E-state index contributed by atoms with van der Waals surface area (Å²) >= 11 is 0. The van der Waals surface area contributed by atoms with Crippen molar-refractivity contribution in [3.8, 4) is 16.9 Å². The molecule has 1 amide bonds. The second-order valence-electron chi connectivity index (χ2n) is 10.8. The van der Waals surface area contributed by atoms with E-state index in [1.807, 2.05) is 26.8 Å². The van der Waals surface area contributed by atoms with E-state index in [0.717, 1.165) is 24.0 Å². The Morgan fingerprint density at radius 2 is 1.77 bits per heavy atom. The first-order valence-corrected chi connectivity index (χ1v) is 14.8. The molecule has 6 rings (SSSR count). The van der Waals surface area contributed by atoms with Crippen LogP contribution in [0, 0.1) is 5.41 Å². The summed E-state index contributed by atoms with van der Waals surface area (Å²) in [6.45, 7) is 8.85. The number of pyridine rings is 1. The minimum Gasteiger partial charge on any atom is -0.488 e. The summed E-state index contributed by atoms with van der Waals surface area (Å²) in [5.74, 6) is 0.625. The molecule has 0 radical (unpaired) electrons. The number of aryl methyl sites for hydroxylation is 2. The molecule has 1 fully saturated rings. The van der Waals surface area contributed by atoms with Crippen LogP contribution in [-0.2, 0) is 12.8 Å². The van der Waals surface area contributed by atoms with Crippen LogP contribution in [0.2, 0.25) is 0 Å². The smallest absolute Gasteiger partial charge is 0.255 e. The molecule has 3 aromatic rings. The van der Waals surface area contributed by atoms with Crippen LogP contribution in [0.25, 0.3) is 11.1 Å². The third-order valence-electron chi connectivity index (χ3n) is 8.27. The number of nitrogens with zero attached hydrogens (tertiary/aromatic N) is 2. The maximum Gasteiger partial charge on any atom is 0.255 e. The standard InChI is InChI=1S/C31H35N5O2.C2H6/c1-19-17-35-31(37)26-11-8-23(16-28(26)38-19)29(32)27-15-24(18-34-30(27)33)22-5-4-20-6-9-25(10-7-21(20)14-22)36-12-2-3-13-36;1-2/h4-5,8,11,14-16,18-19,25,32H,2-3,6-7,9-10,12-13,17H2,1H3,(H2,33,34)(H,35,37);1-2H3. The fourth-order valence-electron chi connectivity index (χ4n) is 6.08. The van der Waals surface area contributed by atoms with Crippen LogP contribution in [-0.4, -0.2) is 53.3 Å². The van der Waals surface area contributed by atoms with Gasteiger partial charge >= 0.3 is 0 Å². The number of nitrogens with one attached hydrogen (secondary N) is 2. The highest BCUT2D eigenvalue weighted by atomic mass is 16.5. The minimum atomic E-state index is -0.166. The van der Waals surface area contributed by atoms with Crippen LogP contribution < -0.4 is 15.8 Å². The number of amides is 1. The maximum absolute atomic E-state index is 12.4. The van der Waals surface area contributed by atoms with Gasteiger partial charge in [-0.2, -0.15) is 0 Å². The molecular formula is C33H41N5O2.